The largest absolute Gasteiger partial charge is 0.384 e. The molecule has 0 amide bonds. The van der Waals surface area contributed by atoms with Gasteiger partial charge < -0.3 is 5.73 Å². The van der Waals surface area contributed by atoms with E-state index in [0.29, 0.717) is 5.82 Å². The van der Waals surface area contributed by atoms with Gasteiger partial charge in [-0.3, -0.25) is 0 Å². The number of pyridine rings is 1. The second-order valence-electron chi connectivity index (χ2n) is 3.28. The van der Waals surface area contributed by atoms with E-state index in [4.69, 9.17) is 5.73 Å². The molecule has 1 aromatic heterocycles. The monoisotopic (exact) mass is 208 g/mol. The van der Waals surface area contributed by atoms with Crippen molar-refractivity contribution < 1.29 is 0 Å². The van der Waals surface area contributed by atoms with E-state index in [0.717, 1.165) is 17.9 Å². The van der Waals surface area contributed by atoms with Crippen molar-refractivity contribution in [3.8, 4) is 0 Å². The Balaban J connectivity index is 2.96. The average Bonchev–Trinajstić information content (AvgIpc) is 2.09. The Kier molecular flexibility index (Phi) is 4.01. The van der Waals surface area contributed by atoms with Crippen molar-refractivity contribution in [3.05, 3.63) is 29.0 Å². The Bertz CT molecular complexity index is 322. The quantitative estimate of drug-likeness (QED) is 0.749. The summed E-state index contributed by atoms with van der Waals surface area (Å²) in [4.78, 5) is 4.22. The summed E-state index contributed by atoms with van der Waals surface area (Å²) in [7, 11) is 0. The lowest BCUT2D eigenvalue weighted by Crippen LogP contribution is -1.97. The molecular weight excluding hydrogens is 192 g/mol. The molecule has 0 aromatic carbocycles. The molecule has 0 aliphatic carbocycles. The molecule has 1 aromatic rings. The van der Waals surface area contributed by atoms with Gasteiger partial charge in [-0.05, 0) is 43.2 Å². The van der Waals surface area contributed by atoms with Gasteiger partial charge in [0, 0.05) is 5.69 Å². The molecule has 76 valence electrons. The topological polar surface area (TPSA) is 38.9 Å². The summed E-state index contributed by atoms with van der Waals surface area (Å²) in [6.45, 7) is 4.02. The van der Waals surface area contributed by atoms with Crippen LogP contribution in [0.5, 0.6) is 0 Å². The standard InChI is InChI=1S/C11H16N2S/c1-8-7-11(12)13-9(2)10(8)5-3-4-6-14/h3,5,7,14H,4,6H2,1-2H3,(H2,12,13). The van der Waals surface area contributed by atoms with Crippen molar-refractivity contribution in [2.45, 2.75) is 20.3 Å². The van der Waals surface area contributed by atoms with Gasteiger partial charge in [0.15, 0.2) is 0 Å². The smallest absolute Gasteiger partial charge is 0.123 e. The van der Waals surface area contributed by atoms with Crippen LogP contribution >= 0.6 is 12.6 Å². The highest BCUT2D eigenvalue weighted by molar-refractivity contribution is 7.80. The van der Waals surface area contributed by atoms with Crippen molar-refractivity contribution >= 4 is 24.5 Å². The van der Waals surface area contributed by atoms with E-state index < -0.39 is 0 Å². The van der Waals surface area contributed by atoms with Crippen molar-refractivity contribution in [1.29, 1.82) is 0 Å². The highest BCUT2D eigenvalue weighted by atomic mass is 32.1. The van der Waals surface area contributed by atoms with Crippen LogP contribution in [0.2, 0.25) is 0 Å². The van der Waals surface area contributed by atoms with Gasteiger partial charge in [-0.2, -0.15) is 12.6 Å². The predicted octanol–water partition coefficient (Wildman–Crippen LogP) is 2.61. The van der Waals surface area contributed by atoms with Crippen LogP contribution in [0.1, 0.15) is 23.2 Å². The van der Waals surface area contributed by atoms with Crippen LogP contribution in [-0.4, -0.2) is 10.7 Å². The minimum Gasteiger partial charge on any atom is -0.384 e. The maximum absolute atomic E-state index is 5.64. The lowest BCUT2D eigenvalue weighted by Gasteiger charge is -2.05. The Morgan fingerprint density at radius 2 is 2.21 bits per heavy atom. The van der Waals surface area contributed by atoms with Crippen LogP contribution in [-0.2, 0) is 0 Å². The van der Waals surface area contributed by atoms with E-state index in [2.05, 4.69) is 29.8 Å². The Labute approximate surface area is 90.6 Å². The number of anilines is 1. The summed E-state index contributed by atoms with van der Waals surface area (Å²) in [5, 5.41) is 0. The van der Waals surface area contributed by atoms with Crippen LogP contribution in [0.15, 0.2) is 12.1 Å². The van der Waals surface area contributed by atoms with Gasteiger partial charge >= 0.3 is 0 Å². The van der Waals surface area contributed by atoms with Crippen LogP contribution in [0.3, 0.4) is 0 Å². The first-order valence-electron chi connectivity index (χ1n) is 4.66. The normalized spacial score (nSPS) is 11.1. The number of nitrogens with zero attached hydrogens (tertiary/aromatic N) is 1. The first kappa shape index (κ1) is 11.1. The first-order chi connectivity index (χ1) is 6.65. The summed E-state index contributed by atoms with van der Waals surface area (Å²) in [6, 6.07) is 1.90. The Morgan fingerprint density at radius 3 is 2.79 bits per heavy atom. The molecule has 1 rings (SSSR count). The maximum Gasteiger partial charge on any atom is 0.123 e. The number of aromatic nitrogens is 1. The van der Waals surface area contributed by atoms with Crippen LogP contribution in [0.4, 0.5) is 5.82 Å². The SMILES string of the molecule is Cc1cc(N)nc(C)c1C=CCCS. The van der Waals surface area contributed by atoms with E-state index in [1.807, 2.05) is 19.9 Å². The number of thiol groups is 1. The molecule has 0 bridgehead atoms. The number of aryl methyl sites for hydroxylation is 2. The summed E-state index contributed by atoms with van der Waals surface area (Å²) < 4.78 is 0. The zero-order valence-corrected chi connectivity index (χ0v) is 9.51. The van der Waals surface area contributed by atoms with Crippen LogP contribution < -0.4 is 5.73 Å². The second-order valence-corrected chi connectivity index (χ2v) is 3.72. The fourth-order valence-electron chi connectivity index (χ4n) is 1.40. The zero-order valence-electron chi connectivity index (χ0n) is 8.62. The molecule has 0 saturated heterocycles. The van der Waals surface area contributed by atoms with E-state index in [1.165, 1.54) is 11.1 Å². The molecule has 0 saturated carbocycles. The van der Waals surface area contributed by atoms with E-state index in [9.17, 15) is 0 Å². The molecule has 14 heavy (non-hydrogen) atoms. The van der Waals surface area contributed by atoms with Gasteiger partial charge in [-0.25, -0.2) is 4.98 Å². The lowest BCUT2D eigenvalue weighted by molar-refractivity contribution is 1.17. The lowest BCUT2D eigenvalue weighted by atomic mass is 10.1. The molecule has 2 N–H and O–H groups in total. The summed E-state index contributed by atoms with van der Waals surface area (Å²) >= 11 is 4.15. The minimum atomic E-state index is 0.589. The molecule has 1 heterocycles. The molecule has 3 heteroatoms. The summed E-state index contributed by atoms with van der Waals surface area (Å²) in [5.41, 5.74) is 8.96. The molecular formula is C11H16N2S. The zero-order chi connectivity index (χ0) is 10.6. The Hall–Kier alpha value is -0.960. The highest BCUT2D eigenvalue weighted by Crippen LogP contribution is 2.16. The molecule has 0 unspecified atom stereocenters. The van der Waals surface area contributed by atoms with Gasteiger partial charge in [0.2, 0.25) is 0 Å². The number of hydrogen-bond acceptors (Lipinski definition) is 3. The number of nitrogens with two attached hydrogens (primary N) is 1. The van der Waals surface area contributed by atoms with Gasteiger partial charge in [0.05, 0.1) is 0 Å². The number of nitrogen functional groups attached to an aromatic ring is 1. The average molecular weight is 208 g/mol. The third kappa shape index (κ3) is 2.77. The van der Waals surface area contributed by atoms with E-state index in [-0.39, 0.29) is 0 Å². The molecule has 0 fully saturated rings. The third-order valence-electron chi connectivity index (χ3n) is 2.06. The molecule has 0 spiro atoms. The van der Waals surface area contributed by atoms with Gasteiger partial charge in [0.1, 0.15) is 5.82 Å². The molecule has 0 atom stereocenters. The fourth-order valence-corrected chi connectivity index (χ4v) is 1.55. The van der Waals surface area contributed by atoms with Gasteiger partial charge in [-0.1, -0.05) is 12.2 Å². The molecule has 0 radical (unpaired) electrons. The first-order valence-corrected chi connectivity index (χ1v) is 5.29. The van der Waals surface area contributed by atoms with Gasteiger partial charge in [0.25, 0.3) is 0 Å². The number of allylic oxidation sites excluding steroid dienone is 1. The maximum atomic E-state index is 5.64. The van der Waals surface area contributed by atoms with Crippen molar-refractivity contribution in [1.82, 2.24) is 4.98 Å². The van der Waals surface area contributed by atoms with E-state index >= 15 is 0 Å². The predicted molar refractivity (Wildman–Crippen MR) is 65.6 cm³/mol. The van der Waals surface area contributed by atoms with Crippen LogP contribution in [0.25, 0.3) is 6.08 Å². The van der Waals surface area contributed by atoms with Crippen molar-refractivity contribution in [2.24, 2.45) is 0 Å². The Morgan fingerprint density at radius 1 is 1.50 bits per heavy atom. The number of rotatable bonds is 3. The summed E-state index contributed by atoms with van der Waals surface area (Å²) in [5.74, 6) is 1.46. The highest BCUT2D eigenvalue weighted by Gasteiger charge is 2.01. The fraction of sp³-hybridized carbons (Fsp3) is 0.364. The molecule has 0 aliphatic heterocycles. The number of hydrogen-bond donors (Lipinski definition) is 2. The summed E-state index contributed by atoms with van der Waals surface area (Å²) in [6.07, 6.45) is 5.18. The molecule has 2 nitrogen and oxygen atoms in total. The second kappa shape index (κ2) is 5.05. The van der Waals surface area contributed by atoms with E-state index in [1.54, 1.807) is 0 Å². The van der Waals surface area contributed by atoms with Crippen LogP contribution in [0, 0.1) is 13.8 Å². The van der Waals surface area contributed by atoms with Crippen molar-refractivity contribution in [2.75, 3.05) is 11.5 Å². The minimum absolute atomic E-state index is 0.589. The van der Waals surface area contributed by atoms with Gasteiger partial charge in [-0.15, -0.1) is 0 Å². The van der Waals surface area contributed by atoms with Crippen molar-refractivity contribution in [3.63, 3.8) is 0 Å². The third-order valence-corrected chi connectivity index (χ3v) is 2.31. The molecule has 0 aliphatic rings.